The number of alkyl halides is 3. The average molecular weight is 459 g/mol. The number of benzene rings is 2. The predicted molar refractivity (Wildman–Crippen MR) is 120 cm³/mol. The number of rotatable bonds is 8. The summed E-state index contributed by atoms with van der Waals surface area (Å²) in [5, 5.41) is 22.7. The van der Waals surface area contributed by atoms with Gasteiger partial charge in [-0.05, 0) is 49.7 Å². The van der Waals surface area contributed by atoms with Crippen molar-refractivity contribution >= 4 is 22.5 Å². The lowest BCUT2D eigenvalue weighted by Crippen LogP contribution is -2.11. The molecule has 0 spiro atoms. The normalized spacial score (nSPS) is 12.0. The van der Waals surface area contributed by atoms with Crippen LogP contribution in [0.2, 0.25) is 0 Å². The molecule has 5 N–H and O–H groups in total. The fourth-order valence-electron chi connectivity index (χ4n) is 3.82. The molecule has 33 heavy (non-hydrogen) atoms. The molecule has 174 valence electrons. The number of anilines is 1. The number of nitrogens with two attached hydrogens (primary N) is 1. The topological polar surface area (TPSA) is 109 Å². The molecule has 10 heteroatoms. The van der Waals surface area contributed by atoms with E-state index in [9.17, 15) is 23.4 Å². The number of fused-ring (bicyclic) bond motifs is 3. The molecule has 0 aliphatic carbocycles. The van der Waals surface area contributed by atoms with Crippen molar-refractivity contribution in [3.8, 4) is 22.8 Å². The highest BCUT2D eigenvalue weighted by Gasteiger charge is 2.34. The summed E-state index contributed by atoms with van der Waals surface area (Å²) in [7, 11) is 0. The molecule has 2 aromatic carbocycles. The van der Waals surface area contributed by atoms with Gasteiger partial charge >= 0.3 is 6.18 Å². The molecule has 2 aromatic heterocycles. The van der Waals surface area contributed by atoms with Crippen molar-refractivity contribution in [1.82, 2.24) is 14.4 Å². The van der Waals surface area contributed by atoms with Gasteiger partial charge in [-0.3, -0.25) is 4.40 Å². The minimum Gasteiger partial charge on any atom is -0.504 e. The number of phenolic OH excluding ortho intramolecular Hbond substituents is 2. The van der Waals surface area contributed by atoms with Crippen LogP contribution in [0.15, 0.2) is 42.6 Å². The van der Waals surface area contributed by atoms with Crippen molar-refractivity contribution in [2.24, 2.45) is 5.73 Å². The number of hydrogen-bond acceptors (Lipinski definition) is 6. The second-order valence-electron chi connectivity index (χ2n) is 7.77. The number of imidazole rings is 1. The molecule has 0 fully saturated rings. The molecule has 7 nitrogen and oxygen atoms in total. The van der Waals surface area contributed by atoms with Crippen LogP contribution in [0.4, 0.5) is 19.0 Å². The Kier molecular flexibility index (Phi) is 6.28. The Balaban J connectivity index is 1.86. The smallest absolute Gasteiger partial charge is 0.418 e. The Morgan fingerprint density at radius 1 is 1.00 bits per heavy atom. The molecule has 0 radical (unpaired) electrons. The van der Waals surface area contributed by atoms with E-state index < -0.39 is 11.7 Å². The van der Waals surface area contributed by atoms with E-state index in [4.69, 9.17) is 5.73 Å². The summed E-state index contributed by atoms with van der Waals surface area (Å²) in [4.78, 5) is 8.73. The first-order valence-corrected chi connectivity index (χ1v) is 10.6. The monoisotopic (exact) mass is 459 g/mol. The summed E-state index contributed by atoms with van der Waals surface area (Å²) in [5.74, 6) is -0.393. The van der Waals surface area contributed by atoms with Gasteiger partial charge in [0.1, 0.15) is 5.52 Å². The molecule has 4 aromatic rings. The largest absolute Gasteiger partial charge is 0.504 e. The van der Waals surface area contributed by atoms with E-state index in [-0.39, 0.29) is 28.4 Å². The quantitative estimate of drug-likeness (QED) is 0.220. The molecule has 0 bridgehead atoms. The van der Waals surface area contributed by atoms with Crippen LogP contribution in [0.5, 0.6) is 11.5 Å². The van der Waals surface area contributed by atoms with E-state index in [1.165, 1.54) is 24.4 Å². The van der Waals surface area contributed by atoms with Gasteiger partial charge in [0.15, 0.2) is 23.0 Å². The number of halogens is 3. The van der Waals surface area contributed by atoms with Crippen LogP contribution in [0.25, 0.3) is 27.9 Å². The molecule has 0 saturated heterocycles. The van der Waals surface area contributed by atoms with Gasteiger partial charge in [-0.15, -0.1) is 0 Å². The second kappa shape index (κ2) is 9.14. The second-order valence-corrected chi connectivity index (χ2v) is 7.77. The minimum absolute atomic E-state index is 0.203. The maximum atomic E-state index is 13.8. The summed E-state index contributed by atoms with van der Waals surface area (Å²) in [6.07, 6.45) is 0.581. The average Bonchev–Trinajstić information content (AvgIpc) is 3.22. The van der Waals surface area contributed by atoms with Crippen LogP contribution in [0, 0.1) is 0 Å². The molecular formula is C23H24F3N5O2. The summed E-state index contributed by atoms with van der Waals surface area (Å²) >= 11 is 0. The highest BCUT2D eigenvalue weighted by molar-refractivity contribution is 5.88. The first-order valence-electron chi connectivity index (χ1n) is 10.6. The van der Waals surface area contributed by atoms with Gasteiger partial charge < -0.3 is 21.3 Å². The van der Waals surface area contributed by atoms with Gasteiger partial charge in [0.05, 0.1) is 23.0 Å². The van der Waals surface area contributed by atoms with Crippen LogP contribution in [0.3, 0.4) is 0 Å². The third-order valence-electron chi connectivity index (χ3n) is 5.45. The van der Waals surface area contributed by atoms with Gasteiger partial charge in [-0.25, -0.2) is 9.97 Å². The van der Waals surface area contributed by atoms with Crippen LogP contribution < -0.4 is 11.1 Å². The highest BCUT2D eigenvalue weighted by atomic mass is 19.4. The molecule has 4 rings (SSSR count). The number of unbranched alkanes of at least 4 members (excludes halogenated alkanes) is 3. The van der Waals surface area contributed by atoms with Crippen LogP contribution in [0.1, 0.15) is 31.2 Å². The van der Waals surface area contributed by atoms with E-state index in [1.807, 2.05) is 0 Å². The van der Waals surface area contributed by atoms with Crippen molar-refractivity contribution in [2.75, 3.05) is 18.4 Å². The summed E-state index contributed by atoms with van der Waals surface area (Å²) < 4.78 is 42.9. The molecule has 0 unspecified atom stereocenters. The first-order chi connectivity index (χ1) is 15.8. The lowest BCUT2D eigenvalue weighted by atomic mass is 10.1. The van der Waals surface area contributed by atoms with Gasteiger partial charge in [0.25, 0.3) is 0 Å². The Morgan fingerprint density at radius 2 is 1.79 bits per heavy atom. The van der Waals surface area contributed by atoms with Crippen molar-refractivity contribution in [1.29, 1.82) is 0 Å². The molecule has 0 saturated carbocycles. The first kappa shape index (κ1) is 22.7. The standard InChI is InChI=1S/C23H24F3N5O2/c24-23(25,26)15-6-5-7-16-20(15)30-21(28-11-4-2-1-3-10-27)22-29-13-17(31(16)22)14-8-9-18(32)19(33)12-14/h5-9,12-13,32-33H,1-4,10-11,27H2,(H,28,30). The van der Waals surface area contributed by atoms with Crippen LogP contribution in [-0.2, 0) is 6.18 Å². The zero-order chi connectivity index (χ0) is 23.6. The third-order valence-corrected chi connectivity index (χ3v) is 5.45. The third kappa shape index (κ3) is 4.51. The van der Waals surface area contributed by atoms with Crippen LogP contribution >= 0.6 is 0 Å². The summed E-state index contributed by atoms with van der Waals surface area (Å²) in [5.41, 5.74) is 5.99. The fraction of sp³-hybridized carbons (Fsp3) is 0.304. The van der Waals surface area contributed by atoms with E-state index in [0.29, 0.717) is 30.0 Å². The number of nitrogens with one attached hydrogen (secondary N) is 1. The number of aromatic nitrogens is 3. The Hall–Kier alpha value is -3.53. The predicted octanol–water partition coefficient (Wildman–Crippen LogP) is 4.91. The number of para-hydroxylation sites is 1. The zero-order valence-corrected chi connectivity index (χ0v) is 17.7. The molecule has 2 heterocycles. The lowest BCUT2D eigenvalue weighted by molar-refractivity contribution is -0.136. The van der Waals surface area contributed by atoms with Crippen molar-refractivity contribution in [3.63, 3.8) is 0 Å². The Labute approximate surface area is 187 Å². The van der Waals surface area contributed by atoms with E-state index >= 15 is 0 Å². The lowest BCUT2D eigenvalue weighted by Gasteiger charge is -2.15. The maximum absolute atomic E-state index is 13.8. The van der Waals surface area contributed by atoms with E-state index in [2.05, 4.69) is 15.3 Å². The van der Waals surface area contributed by atoms with Gasteiger partial charge in [-0.2, -0.15) is 13.2 Å². The van der Waals surface area contributed by atoms with E-state index in [1.54, 1.807) is 16.5 Å². The highest BCUT2D eigenvalue weighted by Crippen LogP contribution is 2.37. The summed E-state index contributed by atoms with van der Waals surface area (Å²) in [6, 6.07) is 8.09. The summed E-state index contributed by atoms with van der Waals surface area (Å²) in [6.45, 7) is 1.15. The van der Waals surface area contributed by atoms with E-state index in [0.717, 1.165) is 31.7 Å². The zero-order valence-electron chi connectivity index (χ0n) is 17.7. The van der Waals surface area contributed by atoms with Crippen molar-refractivity contribution in [3.05, 3.63) is 48.2 Å². The minimum atomic E-state index is -4.59. The number of nitrogens with zero attached hydrogens (tertiary/aromatic N) is 3. The van der Waals surface area contributed by atoms with Crippen molar-refractivity contribution in [2.45, 2.75) is 31.9 Å². The van der Waals surface area contributed by atoms with Gasteiger partial charge in [-0.1, -0.05) is 18.9 Å². The molecular weight excluding hydrogens is 435 g/mol. The van der Waals surface area contributed by atoms with Crippen LogP contribution in [-0.4, -0.2) is 37.7 Å². The number of phenols is 2. The Bertz CT molecular complexity index is 1290. The molecule has 0 aliphatic heterocycles. The number of aromatic hydroxyl groups is 2. The molecule has 0 atom stereocenters. The van der Waals surface area contributed by atoms with Crippen molar-refractivity contribution < 1.29 is 23.4 Å². The fourth-order valence-corrected chi connectivity index (χ4v) is 3.82. The number of hydrogen-bond donors (Lipinski definition) is 4. The van der Waals surface area contributed by atoms with Gasteiger partial charge in [0, 0.05) is 12.1 Å². The Morgan fingerprint density at radius 3 is 2.52 bits per heavy atom. The molecule has 0 aliphatic rings. The molecule has 0 amide bonds. The SMILES string of the molecule is NCCCCCCNc1nc2c(C(F)(F)F)cccc2n2c(-c3ccc(O)c(O)c3)cnc12. The maximum Gasteiger partial charge on any atom is 0.418 e. The van der Waals surface area contributed by atoms with Gasteiger partial charge in [0.2, 0.25) is 0 Å².